The number of piperidine rings is 2. The Morgan fingerprint density at radius 3 is 1.20 bits per heavy atom. The van der Waals surface area contributed by atoms with Gasteiger partial charge in [-0.1, -0.05) is 204 Å². The van der Waals surface area contributed by atoms with Crippen molar-refractivity contribution in [1.82, 2.24) is 9.80 Å². The number of likely N-dealkylation sites (tertiary alicyclic amines) is 2. The van der Waals surface area contributed by atoms with E-state index < -0.39 is 23.9 Å². The van der Waals surface area contributed by atoms with Gasteiger partial charge in [0, 0.05) is 41.1 Å². The molecule has 4 heterocycles. The van der Waals surface area contributed by atoms with Crippen LogP contribution in [-0.4, -0.2) is 122 Å². The zero-order valence-electron chi connectivity index (χ0n) is 76.5. The zero-order valence-corrected chi connectivity index (χ0v) is 78.1. The van der Waals surface area contributed by atoms with Gasteiger partial charge in [-0.2, -0.15) is 0 Å². The van der Waals surface area contributed by atoms with Gasteiger partial charge in [0.2, 0.25) is 0 Å². The van der Waals surface area contributed by atoms with Gasteiger partial charge in [-0.25, -0.2) is 0 Å². The number of benzene rings is 4. The van der Waals surface area contributed by atoms with E-state index >= 15 is 0 Å². The number of rotatable bonds is 51. The fourth-order valence-electron chi connectivity index (χ4n) is 18.0. The molecule has 8 rings (SSSR count). The molecule has 4 aliphatic heterocycles. The third kappa shape index (κ3) is 34.5. The monoisotopic (exact) mass is 1680 g/mol. The van der Waals surface area contributed by atoms with E-state index in [2.05, 4.69) is 79.0 Å². The van der Waals surface area contributed by atoms with Gasteiger partial charge < -0.3 is 47.7 Å². The highest BCUT2D eigenvalue weighted by atomic mass is 33.1. The quantitative estimate of drug-likeness (QED) is 0.0176. The van der Waals surface area contributed by atoms with Crippen LogP contribution in [0.2, 0.25) is 0 Å². The Morgan fingerprint density at radius 2 is 0.790 bits per heavy atom. The second kappa shape index (κ2) is 50.6. The van der Waals surface area contributed by atoms with Gasteiger partial charge in [0.25, 0.3) is 0 Å². The summed E-state index contributed by atoms with van der Waals surface area (Å²) in [5.41, 5.74) is 9.15. The Hall–Kier alpha value is -6.08. The lowest BCUT2D eigenvalue weighted by Crippen LogP contribution is -2.37. The molecule has 119 heavy (non-hydrogen) atoms. The van der Waals surface area contributed by atoms with Gasteiger partial charge in [-0.3, -0.25) is 28.8 Å². The Morgan fingerprint density at radius 1 is 0.429 bits per heavy atom. The molecule has 4 aromatic rings. The number of fused-ring (bicyclic) bond motifs is 2. The number of ether oxygens (including phenoxy) is 8. The summed E-state index contributed by atoms with van der Waals surface area (Å²) in [5, 5.41) is 0. The highest BCUT2D eigenvalue weighted by Gasteiger charge is 2.37. The predicted molar refractivity (Wildman–Crippen MR) is 486 cm³/mol. The minimum absolute atomic E-state index is 0.0659. The maximum absolute atomic E-state index is 13.3. The number of hydrogen-bond donors (Lipinski definition) is 0. The van der Waals surface area contributed by atoms with Crippen LogP contribution in [0.3, 0.4) is 0 Å². The number of hydrogen-bond acceptors (Lipinski definition) is 18. The summed E-state index contributed by atoms with van der Waals surface area (Å²) in [6, 6.07) is 13.7. The molecule has 0 radical (unpaired) electrons. The first-order valence-electron chi connectivity index (χ1n) is 46.5. The van der Waals surface area contributed by atoms with Gasteiger partial charge in [0.15, 0.2) is 0 Å². The van der Waals surface area contributed by atoms with E-state index in [4.69, 9.17) is 37.9 Å². The van der Waals surface area contributed by atoms with Gasteiger partial charge >= 0.3 is 35.8 Å². The molecule has 2 saturated heterocycles. The standard InChI is InChI=1S/C101H154N2O14S2/c1-70(2)23-17-25-72(5)27-19-29-74(7)31-21-53-100(15)55-45-88-80(13)96(76(9)78(11)98(88)112-69-100)115-92(106)43-41-90(104)113-86-37-33-84(34-38-86)67-94(108)110-63-51-82-47-57-102(58-48-82)61-65-118-119-66-62-103-59-49-83(50-60-103)52-64-111-95(109)68-85-35-39-87(40-36-85)114-91(105)42-44-93(107)116-97-77(10)79(12)99-89(81(97)14)46-56-101(16,117-99)54-22-32-75(8)30-20-28-73(6)26-18-24-71(3)4/h33-40,70-75,82-83H,17-32,41-69H2,1-16H3. The van der Waals surface area contributed by atoms with Crippen LogP contribution in [0.15, 0.2) is 48.5 Å². The van der Waals surface area contributed by atoms with Crippen LogP contribution < -0.4 is 28.4 Å². The normalized spacial score (nSPS) is 18.4. The molecule has 4 aromatic carbocycles. The van der Waals surface area contributed by atoms with E-state index in [-0.39, 0.29) is 61.5 Å². The average Bonchev–Trinajstić information content (AvgIpc) is 1.56. The summed E-state index contributed by atoms with van der Waals surface area (Å²) in [5.74, 6) is 8.98. The lowest BCUT2D eigenvalue weighted by Gasteiger charge is -2.38. The molecule has 0 amide bonds. The van der Waals surface area contributed by atoms with Crippen molar-refractivity contribution in [2.45, 2.75) is 335 Å². The topological polar surface area (TPSA) is 183 Å². The molecule has 0 spiro atoms. The second-order valence-electron chi connectivity index (χ2n) is 38.2. The van der Waals surface area contributed by atoms with Crippen molar-refractivity contribution >= 4 is 57.4 Å². The third-order valence-corrected chi connectivity index (χ3v) is 29.0. The molecule has 6 atom stereocenters. The van der Waals surface area contributed by atoms with E-state index in [1.165, 1.54) is 96.3 Å². The summed E-state index contributed by atoms with van der Waals surface area (Å²) in [6.07, 6.45) is 32.5. The van der Waals surface area contributed by atoms with Crippen molar-refractivity contribution in [3.63, 3.8) is 0 Å². The smallest absolute Gasteiger partial charge is 0.311 e. The van der Waals surface area contributed by atoms with E-state index in [1.807, 2.05) is 63.1 Å². The Balaban J connectivity index is 0.595. The van der Waals surface area contributed by atoms with Crippen molar-refractivity contribution in [2.24, 2.45) is 52.8 Å². The maximum atomic E-state index is 13.3. The Labute approximate surface area is 726 Å². The predicted octanol–water partition coefficient (Wildman–Crippen LogP) is 23.9. The van der Waals surface area contributed by atoms with Crippen molar-refractivity contribution in [3.05, 3.63) is 104 Å². The van der Waals surface area contributed by atoms with Crippen molar-refractivity contribution < 1.29 is 66.7 Å². The Bertz CT molecular complexity index is 3800. The molecule has 6 unspecified atom stereocenters. The van der Waals surface area contributed by atoms with Crippen LogP contribution in [0.5, 0.6) is 34.5 Å². The molecule has 664 valence electrons. The van der Waals surface area contributed by atoms with E-state index in [1.54, 1.807) is 48.5 Å². The third-order valence-electron chi connectivity index (χ3n) is 26.6. The minimum atomic E-state index is -0.537. The summed E-state index contributed by atoms with van der Waals surface area (Å²) >= 11 is 0. The summed E-state index contributed by atoms with van der Waals surface area (Å²) in [4.78, 5) is 83.2. The first-order valence-corrected chi connectivity index (χ1v) is 49.0. The van der Waals surface area contributed by atoms with Crippen LogP contribution in [0.25, 0.3) is 0 Å². The van der Waals surface area contributed by atoms with E-state index in [9.17, 15) is 28.8 Å². The molecular formula is C101H154N2O14S2. The summed E-state index contributed by atoms with van der Waals surface area (Å²) in [7, 11) is 3.92. The number of esters is 6. The second-order valence-corrected chi connectivity index (χ2v) is 40.9. The molecule has 4 aliphatic rings. The first kappa shape index (κ1) is 98.4. The van der Waals surface area contributed by atoms with Gasteiger partial charge in [0.05, 0.1) is 58.3 Å². The lowest BCUT2D eigenvalue weighted by molar-refractivity contribution is -0.144. The van der Waals surface area contributed by atoms with Crippen LogP contribution in [0.1, 0.15) is 317 Å². The molecule has 0 aromatic heterocycles. The van der Waals surface area contributed by atoms with Crippen molar-refractivity contribution in [3.8, 4) is 34.5 Å². The number of carbonyl (C=O) groups is 6. The first-order chi connectivity index (χ1) is 56.9. The fourth-order valence-corrected chi connectivity index (χ4v) is 20.1. The number of nitrogens with zero attached hydrogens (tertiary/aromatic N) is 2. The molecule has 18 heteroatoms. The van der Waals surface area contributed by atoms with Crippen LogP contribution in [0, 0.1) is 94.3 Å². The van der Waals surface area contributed by atoms with Crippen molar-refractivity contribution in [1.29, 1.82) is 0 Å². The Kier molecular flexibility index (Phi) is 41.8. The molecule has 0 bridgehead atoms. The zero-order chi connectivity index (χ0) is 86.0. The highest BCUT2D eigenvalue weighted by Crippen LogP contribution is 2.47. The van der Waals surface area contributed by atoms with E-state index in [0.29, 0.717) is 60.6 Å². The molecule has 2 fully saturated rings. The van der Waals surface area contributed by atoms with E-state index in [0.717, 1.165) is 231 Å². The highest BCUT2D eigenvalue weighted by molar-refractivity contribution is 8.76. The van der Waals surface area contributed by atoms with Crippen molar-refractivity contribution in [2.75, 3.05) is 70.6 Å². The molecule has 0 aliphatic carbocycles. The van der Waals surface area contributed by atoms with Gasteiger partial charge in [0.1, 0.15) is 40.1 Å². The van der Waals surface area contributed by atoms with Gasteiger partial charge in [-0.05, 0) is 274 Å². The summed E-state index contributed by atoms with van der Waals surface area (Å²) < 4.78 is 48.0. The molecule has 16 nitrogen and oxygen atoms in total. The van der Waals surface area contributed by atoms with Crippen LogP contribution >= 0.6 is 21.6 Å². The van der Waals surface area contributed by atoms with Crippen LogP contribution in [-0.2, 0) is 63.9 Å². The largest absolute Gasteiger partial charge is 0.492 e. The summed E-state index contributed by atoms with van der Waals surface area (Å²) in [6.45, 7) is 43.5. The maximum Gasteiger partial charge on any atom is 0.311 e. The van der Waals surface area contributed by atoms with Crippen LogP contribution in [0.4, 0.5) is 0 Å². The SMILES string of the molecule is Cc1c(C)c2c(c(C)c1OC(=O)CCC(=O)Oc1ccc(CC(=O)OCCC3CCN(CCSSCCN4CCC(CCOC(=O)Cc5ccc(OC(=O)CCC(=O)Oc6c(C)c(C)c7c(c6C)CCC(C)(CCCC(C)CCCC(C)CCCC(C)C)O7)cc5)CC4)CC3)cc1)CCC(C)(CCCC(C)CCCC(C)CCCC(C)C)CO2. The van der Waals surface area contributed by atoms with Gasteiger partial charge in [-0.15, -0.1) is 0 Å². The minimum Gasteiger partial charge on any atom is -0.492 e. The number of carbonyl (C=O) groups excluding carboxylic acids is 6. The molecule has 0 saturated carbocycles. The fraction of sp³-hybridized carbons (Fsp3) is 0.703. The molecular weight excluding hydrogens is 1530 g/mol. The molecule has 0 N–H and O–H groups in total. The lowest BCUT2D eigenvalue weighted by atomic mass is 9.79. The average molecular weight is 1680 g/mol.